The smallest absolute Gasteiger partial charge is 0.269 e. The van der Waals surface area contributed by atoms with Gasteiger partial charge in [0.25, 0.3) is 10.0 Å². The predicted molar refractivity (Wildman–Crippen MR) is 196 cm³/mol. The number of nitrogens with zero attached hydrogens (tertiary/aromatic N) is 5. The Labute approximate surface area is 283 Å². The average Bonchev–Trinajstić information content (AvgIpc) is 3.48. The van der Waals surface area contributed by atoms with Crippen LogP contribution in [0.3, 0.4) is 0 Å². The summed E-state index contributed by atoms with van der Waals surface area (Å²) in [4.78, 5) is 12.2. The minimum atomic E-state index is -3.91. The number of hydrogen-bond donors (Lipinski definition) is 0. The Morgan fingerprint density at radius 1 is 0.708 bits per heavy atom. The van der Waals surface area contributed by atoms with Gasteiger partial charge in [0.2, 0.25) is 0 Å². The van der Waals surface area contributed by atoms with Gasteiger partial charge in [0, 0.05) is 62.2 Å². The lowest BCUT2D eigenvalue weighted by Crippen LogP contribution is -2.44. The van der Waals surface area contributed by atoms with Crippen molar-refractivity contribution in [2.45, 2.75) is 24.2 Å². The van der Waals surface area contributed by atoms with E-state index >= 15 is 0 Å². The van der Waals surface area contributed by atoms with Crippen molar-refractivity contribution >= 4 is 43.3 Å². The normalized spacial score (nSPS) is 16.6. The van der Waals surface area contributed by atoms with Crippen molar-refractivity contribution in [2.24, 2.45) is 5.92 Å². The van der Waals surface area contributed by atoms with E-state index in [1.165, 1.54) is 15.2 Å². The minimum absolute atomic E-state index is 0.251. The molecule has 48 heavy (non-hydrogen) atoms. The third kappa shape index (κ3) is 5.73. The number of aromatic nitrogens is 2. The molecule has 0 N–H and O–H groups in total. The third-order valence-electron chi connectivity index (χ3n) is 10.3. The van der Waals surface area contributed by atoms with Crippen molar-refractivity contribution in [2.75, 3.05) is 56.1 Å². The first-order valence-electron chi connectivity index (χ1n) is 17.0. The average molecular weight is 656 g/mol. The number of fused-ring (bicyclic) bond motifs is 3. The molecule has 2 aliphatic heterocycles. The maximum atomic E-state index is 14.3. The highest BCUT2D eigenvalue weighted by molar-refractivity contribution is 7.90. The number of likely N-dealkylation sites (N-methyl/N-ethyl adjacent to an activating group) is 1. The van der Waals surface area contributed by atoms with Crippen molar-refractivity contribution in [1.82, 2.24) is 13.9 Å². The molecule has 0 unspecified atom stereocenters. The Morgan fingerprint density at radius 2 is 1.38 bits per heavy atom. The van der Waals surface area contributed by atoms with Crippen molar-refractivity contribution in [3.8, 4) is 11.1 Å². The van der Waals surface area contributed by atoms with Crippen LogP contribution < -0.4 is 9.80 Å². The summed E-state index contributed by atoms with van der Waals surface area (Å²) in [5.41, 5.74) is 6.95. The van der Waals surface area contributed by atoms with Crippen molar-refractivity contribution in [3.63, 3.8) is 0 Å². The van der Waals surface area contributed by atoms with E-state index < -0.39 is 10.0 Å². The van der Waals surface area contributed by atoms with Gasteiger partial charge in [-0.05, 0) is 91.4 Å². The monoisotopic (exact) mass is 655 g/mol. The van der Waals surface area contributed by atoms with E-state index in [0.29, 0.717) is 17.1 Å². The van der Waals surface area contributed by atoms with E-state index in [0.717, 1.165) is 86.1 Å². The first kappa shape index (κ1) is 30.7. The van der Waals surface area contributed by atoms with Gasteiger partial charge in [0.1, 0.15) is 0 Å². The quantitative estimate of drug-likeness (QED) is 0.180. The zero-order valence-corrected chi connectivity index (χ0v) is 28.2. The van der Waals surface area contributed by atoms with Gasteiger partial charge in [0.05, 0.1) is 15.8 Å². The fourth-order valence-corrected chi connectivity index (χ4v) is 9.02. The van der Waals surface area contributed by atoms with E-state index in [1.807, 2.05) is 18.2 Å². The lowest BCUT2D eigenvalue weighted by molar-refractivity contribution is 0.313. The van der Waals surface area contributed by atoms with Gasteiger partial charge < -0.3 is 14.7 Å². The molecule has 0 spiro atoms. The molecule has 244 valence electrons. The molecule has 0 bridgehead atoms. The standard InChI is InChI=1S/C40H41N5O2S/c1-42-24-26-43(27-25-42)34-15-12-32(13-16-34)33-14-17-37-36(29-33)39-38(44-22-19-31(20-23-44)28-30-8-4-2-5-9-30)18-21-41-40(39)45(37)48(46,47)35-10-6-3-7-11-35/h2-18,21,29,31H,19-20,22-28H2,1H3. The zero-order valence-electron chi connectivity index (χ0n) is 27.4. The van der Waals surface area contributed by atoms with Crippen molar-refractivity contribution < 1.29 is 8.42 Å². The van der Waals surface area contributed by atoms with Crippen LogP contribution in [0, 0.1) is 5.92 Å². The van der Waals surface area contributed by atoms with Crippen LogP contribution in [0.25, 0.3) is 33.1 Å². The van der Waals surface area contributed by atoms with Gasteiger partial charge >= 0.3 is 0 Å². The summed E-state index contributed by atoms with van der Waals surface area (Å²) in [7, 11) is -1.74. The molecule has 2 aromatic heterocycles. The molecule has 2 aliphatic rings. The molecular weight excluding hydrogens is 615 g/mol. The Hall–Kier alpha value is -4.66. The van der Waals surface area contributed by atoms with Crippen LogP contribution in [-0.4, -0.2) is 68.6 Å². The molecule has 8 heteroatoms. The van der Waals surface area contributed by atoms with Crippen molar-refractivity contribution in [3.05, 3.63) is 121 Å². The highest BCUT2D eigenvalue weighted by Crippen LogP contribution is 2.40. The molecule has 2 saturated heterocycles. The molecule has 0 aliphatic carbocycles. The number of piperidine rings is 1. The molecule has 0 atom stereocenters. The van der Waals surface area contributed by atoms with E-state index in [2.05, 4.69) is 88.5 Å². The first-order valence-corrected chi connectivity index (χ1v) is 18.5. The van der Waals surface area contributed by atoms with Gasteiger partial charge in [-0.3, -0.25) is 0 Å². The van der Waals surface area contributed by atoms with E-state index in [1.54, 1.807) is 30.5 Å². The first-order chi connectivity index (χ1) is 23.5. The summed E-state index contributed by atoms with van der Waals surface area (Å²) in [5.74, 6) is 0.626. The van der Waals surface area contributed by atoms with Crippen LogP contribution in [0.4, 0.5) is 11.4 Å². The summed E-state index contributed by atoms with van der Waals surface area (Å²) in [6, 6.07) is 36.4. The fourth-order valence-electron chi connectivity index (χ4n) is 7.52. The van der Waals surface area contributed by atoms with Crippen LogP contribution in [0.15, 0.2) is 120 Å². The summed E-state index contributed by atoms with van der Waals surface area (Å²) in [6.45, 7) is 6.02. The Kier molecular flexibility index (Phi) is 8.14. The number of hydrogen-bond acceptors (Lipinski definition) is 6. The number of benzene rings is 4. The van der Waals surface area contributed by atoms with Gasteiger partial charge in [0.15, 0.2) is 5.65 Å². The van der Waals surface area contributed by atoms with Crippen LogP contribution in [-0.2, 0) is 16.4 Å². The molecule has 4 heterocycles. The topological polar surface area (TPSA) is 61.7 Å². The largest absolute Gasteiger partial charge is 0.371 e. The molecule has 0 radical (unpaired) electrons. The second kappa shape index (κ2) is 12.7. The van der Waals surface area contributed by atoms with E-state index in [-0.39, 0.29) is 4.90 Å². The van der Waals surface area contributed by atoms with Crippen LogP contribution in [0.2, 0.25) is 0 Å². The number of pyridine rings is 1. The molecule has 6 aromatic rings. The third-order valence-corrected chi connectivity index (χ3v) is 12.0. The van der Waals surface area contributed by atoms with Crippen LogP contribution in [0.1, 0.15) is 18.4 Å². The van der Waals surface area contributed by atoms with Crippen LogP contribution in [0.5, 0.6) is 0 Å². The Bertz CT molecular complexity index is 2150. The Morgan fingerprint density at radius 3 is 2.08 bits per heavy atom. The lowest BCUT2D eigenvalue weighted by Gasteiger charge is -2.34. The summed E-state index contributed by atoms with van der Waals surface area (Å²) in [5, 5.41) is 1.80. The molecule has 7 nitrogen and oxygen atoms in total. The lowest BCUT2D eigenvalue weighted by atomic mass is 9.90. The molecular formula is C40H41N5O2S. The number of piperazine rings is 1. The van der Waals surface area contributed by atoms with Crippen LogP contribution >= 0.6 is 0 Å². The number of rotatable bonds is 7. The second-order valence-electron chi connectivity index (χ2n) is 13.3. The molecule has 8 rings (SSSR count). The highest BCUT2D eigenvalue weighted by atomic mass is 32.2. The molecule has 4 aromatic carbocycles. The van der Waals surface area contributed by atoms with E-state index in [4.69, 9.17) is 4.98 Å². The van der Waals surface area contributed by atoms with Gasteiger partial charge in [-0.1, -0.05) is 66.7 Å². The summed E-state index contributed by atoms with van der Waals surface area (Å²) in [6.07, 6.45) is 5.03. The highest BCUT2D eigenvalue weighted by Gasteiger charge is 2.28. The molecule has 0 saturated carbocycles. The Balaban J connectivity index is 1.20. The molecule has 2 fully saturated rings. The predicted octanol–water partition coefficient (Wildman–Crippen LogP) is 7.30. The number of anilines is 2. The fraction of sp³-hybridized carbons (Fsp3) is 0.275. The van der Waals surface area contributed by atoms with Gasteiger partial charge in [-0.15, -0.1) is 0 Å². The SMILES string of the molecule is CN1CCN(c2ccc(-c3ccc4c(c3)c3c(N5CCC(Cc6ccccc6)CC5)ccnc3n4S(=O)(=O)c3ccccc3)cc2)CC1. The van der Waals surface area contributed by atoms with Crippen molar-refractivity contribution in [1.29, 1.82) is 0 Å². The maximum Gasteiger partial charge on any atom is 0.269 e. The summed E-state index contributed by atoms with van der Waals surface area (Å²) >= 11 is 0. The second-order valence-corrected chi connectivity index (χ2v) is 15.1. The molecule has 0 amide bonds. The maximum absolute atomic E-state index is 14.3. The van der Waals surface area contributed by atoms with Gasteiger partial charge in [-0.25, -0.2) is 17.4 Å². The zero-order chi connectivity index (χ0) is 32.7. The van der Waals surface area contributed by atoms with E-state index in [9.17, 15) is 8.42 Å². The van der Waals surface area contributed by atoms with Gasteiger partial charge in [-0.2, -0.15) is 0 Å². The minimum Gasteiger partial charge on any atom is -0.371 e. The summed E-state index contributed by atoms with van der Waals surface area (Å²) < 4.78 is 30.0.